The first kappa shape index (κ1) is 21.4. The van der Waals surface area contributed by atoms with Gasteiger partial charge >= 0.3 is 0 Å². The summed E-state index contributed by atoms with van der Waals surface area (Å²) in [5, 5.41) is 8.02. The quantitative estimate of drug-likeness (QED) is 0.520. The summed E-state index contributed by atoms with van der Waals surface area (Å²) in [6, 6.07) is 9.03. The van der Waals surface area contributed by atoms with Crippen LogP contribution in [0, 0.1) is 6.92 Å². The summed E-state index contributed by atoms with van der Waals surface area (Å²) in [6.07, 6.45) is 4.83. The zero-order valence-corrected chi connectivity index (χ0v) is 18.5. The molecule has 3 aromatic heterocycles. The van der Waals surface area contributed by atoms with E-state index >= 15 is 0 Å². The number of fused-ring (bicyclic) bond motifs is 1. The average Bonchev–Trinajstić information content (AvgIpc) is 3.19. The molecule has 3 heterocycles. The van der Waals surface area contributed by atoms with E-state index in [1.165, 1.54) is 15.6 Å². The summed E-state index contributed by atoms with van der Waals surface area (Å²) in [5.74, 6) is 0.591. The fourth-order valence-electron chi connectivity index (χ4n) is 3.31. The number of amides is 1. The Hall–Kier alpha value is -3.88. The highest BCUT2D eigenvalue weighted by Crippen LogP contribution is 2.25. The minimum absolute atomic E-state index is 0.102. The largest absolute Gasteiger partial charge is 0.310 e. The molecule has 0 bridgehead atoms. The fourth-order valence-corrected chi connectivity index (χ4v) is 3.31. The van der Waals surface area contributed by atoms with Crippen molar-refractivity contribution in [1.82, 2.24) is 29.3 Å². The van der Waals surface area contributed by atoms with Crippen LogP contribution in [-0.4, -0.2) is 35.2 Å². The monoisotopic (exact) mass is 431 g/mol. The molecule has 0 aliphatic rings. The van der Waals surface area contributed by atoms with Crippen LogP contribution in [0.3, 0.4) is 0 Å². The highest BCUT2D eigenvalue weighted by molar-refractivity contribution is 5.90. The molecule has 1 amide bonds. The molecule has 32 heavy (non-hydrogen) atoms. The van der Waals surface area contributed by atoms with E-state index < -0.39 is 0 Å². The average molecular weight is 432 g/mol. The Kier molecular flexibility index (Phi) is 5.56. The molecule has 0 aliphatic carbocycles. The fraction of sp³-hybridized carbons (Fsp3) is 0.304. The van der Waals surface area contributed by atoms with Gasteiger partial charge in [0.25, 0.3) is 11.5 Å². The molecule has 164 valence electrons. The van der Waals surface area contributed by atoms with Gasteiger partial charge in [-0.1, -0.05) is 32.9 Å². The lowest BCUT2D eigenvalue weighted by molar-refractivity contribution is -0.116. The normalized spacial score (nSPS) is 11.6. The van der Waals surface area contributed by atoms with Crippen molar-refractivity contribution in [3.8, 4) is 5.95 Å². The Bertz CT molecular complexity index is 1330. The maximum atomic E-state index is 12.8. The predicted octanol–water partition coefficient (Wildman–Crippen LogP) is 3.01. The number of para-hydroxylation sites is 1. The first-order valence-electron chi connectivity index (χ1n) is 10.4. The van der Waals surface area contributed by atoms with E-state index in [9.17, 15) is 9.59 Å². The number of benzene rings is 1. The number of rotatable bonds is 5. The first-order chi connectivity index (χ1) is 15.2. The van der Waals surface area contributed by atoms with Gasteiger partial charge < -0.3 is 5.32 Å². The van der Waals surface area contributed by atoms with Gasteiger partial charge in [-0.15, -0.1) is 0 Å². The smallest absolute Gasteiger partial charge is 0.261 e. The van der Waals surface area contributed by atoms with Crippen molar-refractivity contribution in [2.75, 3.05) is 5.32 Å². The van der Waals surface area contributed by atoms with Crippen LogP contribution in [0.1, 0.15) is 38.4 Å². The SMILES string of the molecule is Cc1cccc2c(=O)n(CCC(=O)Nc3cc(C(C)(C)C)nn3-c3ncccn3)cnc12. The number of aryl methyl sites for hydroxylation is 2. The van der Waals surface area contributed by atoms with Crippen LogP contribution in [-0.2, 0) is 16.8 Å². The third kappa shape index (κ3) is 4.27. The van der Waals surface area contributed by atoms with Crippen LogP contribution < -0.4 is 10.9 Å². The minimum atomic E-state index is -0.251. The molecule has 0 atom stereocenters. The second-order valence-corrected chi connectivity index (χ2v) is 8.64. The van der Waals surface area contributed by atoms with E-state index in [1.807, 2.05) is 45.9 Å². The molecule has 1 N–H and O–H groups in total. The number of hydrogen-bond donors (Lipinski definition) is 1. The maximum Gasteiger partial charge on any atom is 0.261 e. The van der Waals surface area contributed by atoms with Crippen molar-refractivity contribution in [3.63, 3.8) is 0 Å². The Balaban J connectivity index is 1.55. The summed E-state index contributed by atoms with van der Waals surface area (Å²) in [6.45, 7) is 8.25. The number of anilines is 1. The molecular weight excluding hydrogens is 406 g/mol. The van der Waals surface area contributed by atoms with Crippen LogP contribution >= 0.6 is 0 Å². The standard InChI is InChI=1S/C23H25N7O2/c1-15-7-5-8-16-20(15)26-14-29(21(16)32)12-9-19(31)27-18-13-17(23(2,3)4)28-30(18)22-24-10-6-11-25-22/h5-8,10-11,13-14H,9,12H2,1-4H3,(H,27,31). The maximum absolute atomic E-state index is 12.8. The lowest BCUT2D eigenvalue weighted by Crippen LogP contribution is -2.24. The van der Waals surface area contributed by atoms with Gasteiger partial charge in [0.05, 0.1) is 22.9 Å². The van der Waals surface area contributed by atoms with Gasteiger partial charge in [0, 0.05) is 36.8 Å². The van der Waals surface area contributed by atoms with Crippen molar-refractivity contribution >= 4 is 22.6 Å². The number of nitrogens with one attached hydrogen (secondary N) is 1. The Labute approximate surface area is 185 Å². The molecule has 1 aromatic carbocycles. The van der Waals surface area contributed by atoms with E-state index in [0.29, 0.717) is 22.7 Å². The molecule has 0 fully saturated rings. The molecule has 0 saturated heterocycles. The van der Waals surface area contributed by atoms with Crippen molar-refractivity contribution < 1.29 is 4.79 Å². The summed E-state index contributed by atoms with van der Waals surface area (Å²) in [4.78, 5) is 38.4. The second kappa shape index (κ2) is 8.33. The zero-order chi connectivity index (χ0) is 22.9. The van der Waals surface area contributed by atoms with E-state index in [1.54, 1.807) is 24.5 Å². The van der Waals surface area contributed by atoms with Gasteiger partial charge in [-0.25, -0.2) is 15.0 Å². The van der Waals surface area contributed by atoms with Crippen LogP contribution in [0.5, 0.6) is 0 Å². The predicted molar refractivity (Wildman–Crippen MR) is 122 cm³/mol. The van der Waals surface area contributed by atoms with Gasteiger partial charge in [0.15, 0.2) is 0 Å². The number of carbonyl (C=O) groups excluding carboxylic acids is 1. The number of carbonyl (C=O) groups is 1. The summed E-state index contributed by atoms with van der Waals surface area (Å²) < 4.78 is 2.98. The van der Waals surface area contributed by atoms with Gasteiger partial charge in [-0.3, -0.25) is 14.2 Å². The van der Waals surface area contributed by atoms with Crippen LogP contribution in [0.2, 0.25) is 0 Å². The number of aromatic nitrogens is 6. The zero-order valence-electron chi connectivity index (χ0n) is 18.5. The molecule has 0 spiro atoms. The highest BCUT2D eigenvalue weighted by Gasteiger charge is 2.22. The summed E-state index contributed by atoms with van der Waals surface area (Å²) in [5.41, 5.74) is 2.03. The molecule has 0 unspecified atom stereocenters. The van der Waals surface area contributed by atoms with Crippen LogP contribution in [0.25, 0.3) is 16.9 Å². The first-order valence-corrected chi connectivity index (χ1v) is 10.4. The molecule has 4 aromatic rings. The van der Waals surface area contributed by atoms with E-state index in [4.69, 9.17) is 0 Å². The third-order valence-electron chi connectivity index (χ3n) is 5.12. The minimum Gasteiger partial charge on any atom is -0.310 e. The van der Waals surface area contributed by atoms with Crippen molar-refractivity contribution in [2.24, 2.45) is 0 Å². The van der Waals surface area contributed by atoms with Gasteiger partial charge in [-0.05, 0) is 24.6 Å². The van der Waals surface area contributed by atoms with Crippen molar-refractivity contribution in [1.29, 1.82) is 0 Å². The lowest BCUT2D eigenvalue weighted by Gasteiger charge is -2.13. The van der Waals surface area contributed by atoms with Gasteiger partial charge in [0.2, 0.25) is 5.91 Å². The molecule has 0 saturated carbocycles. The Morgan fingerprint density at radius 3 is 2.56 bits per heavy atom. The summed E-state index contributed by atoms with van der Waals surface area (Å²) >= 11 is 0. The molecule has 9 heteroatoms. The van der Waals surface area contributed by atoms with Crippen LogP contribution in [0.4, 0.5) is 5.82 Å². The topological polar surface area (TPSA) is 108 Å². The molecule has 4 rings (SSSR count). The Morgan fingerprint density at radius 2 is 1.84 bits per heavy atom. The highest BCUT2D eigenvalue weighted by atomic mass is 16.2. The lowest BCUT2D eigenvalue weighted by atomic mass is 9.92. The molecule has 9 nitrogen and oxygen atoms in total. The van der Waals surface area contributed by atoms with Gasteiger partial charge in [0.1, 0.15) is 5.82 Å². The molecule has 0 radical (unpaired) electrons. The van der Waals surface area contributed by atoms with Crippen molar-refractivity contribution in [3.05, 3.63) is 70.7 Å². The third-order valence-corrected chi connectivity index (χ3v) is 5.12. The van der Waals surface area contributed by atoms with E-state index in [0.717, 1.165) is 11.3 Å². The summed E-state index contributed by atoms with van der Waals surface area (Å²) in [7, 11) is 0. The molecule has 0 aliphatic heterocycles. The Morgan fingerprint density at radius 1 is 1.09 bits per heavy atom. The van der Waals surface area contributed by atoms with Crippen LogP contribution in [0.15, 0.2) is 53.8 Å². The van der Waals surface area contributed by atoms with E-state index in [2.05, 4.69) is 25.4 Å². The van der Waals surface area contributed by atoms with E-state index in [-0.39, 0.29) is 29.8 Å². The molecular formula is C23H25N7O2. The number of nitrogens with zero attached hydrogens (tertiary/aromatic N) is 6. The van der Waals surface area contributed by atoms with Gasteiger partial charge in [-0.2, -0.15) is 9.78 Å². The second-order valence-electron chi connectivity index (χ2n) is 8.64. The number of hydrogen-bond acceptors (Lipinski definition) is 6. The van der Waals surface area contributed by atoms with Crippen molar-refractivity contribution in [2.45, 2.75) is 46.1 Å².